The van der Waals surface area contributed by atoms with E-state index in [0.717, 1.165) is 0 Å². The Balaban J connectivity index is 2.90. The highest BCUT2D eigenvalue weighted by Gasteiger charge is 2.29. The summed E-state index contributed by atoms with van der Waals surface area (Å²) in [6.07, 6.45) is 0. The number of rotatable bonds is 4. The van der Waals surface area contributed by atoms with Crippen LogP contribution in [0.15, 0.2) is 30.3 Å². The lowest BCUT2D eigenvalue weighted by Gasteiger charge is -2.20. The number of carbonyl (C=O) groups excluding carboxylic acids is 2. The number of ether oxygens (including phenoxy) is 1. The largest absolute Gasteiger partial charge is 0.453 e. The van der Waals surface area contributed by atoms with Gasteiger partial charge in [-0.1, -0.05) is 30.3 Å². The highest BCUT2D eigenvalue weighted by atomic mass is 16.5. The van der Waals surface area contributed by atoms with Crippen molar-refractivity contribution >= 4 is 12.3 Å². The summed E-state index contributed by atoms with van der Waals surface area (Å²) in [5.41, 5.74) is -0.553. The molecule has 1 rings (SSSR count). The van der Waals surface area contributed by atoms with E-state index in [-0.39, 0.29) is 5.78 Å². The van der Waals surface area contributed by atoms with Crippen molar-refractivity contribution in [1.29, 1.82) is 0 Å². The highest BCUT2D eigenvalue weighted by molar-refractivity contribution is 6.02. The van der Waals surface area contributed by atoms with Crippen LogP contribution in [0.1, 0.15) is 24.2 Å². The van der Waals surface area contributed by atoms with Crippen molar-refractivity contribution < 1.29 is 14.3 Å². The summed E-state index contributed by atoms with van der Waals surface area (Å²) >= 11 is 0. The summed E-state index contributed by atoms with van der Waals surface area (Å²) in [5.74, 6) is -0.204. The van der Waals surface area contributed by atoms with E-state index >= 15 is 0 Å². The Morgan fingerprint density at radius 3 is 2.36 bits per heavy atom. The third-order valence-electron chi connectivity index (χ3n) is 1.93. The molecule has 74 valence electrons. The zero-order chi connectivity index (χ0) is 10.6. The van der Waals surface area contributed by atoms with Gasteiger partial charge in [0.2, 0.25) is 5.78 Å². The average Bonchev–Trinajstić information content (AvgIpc) is 2.18. The smallest absolute Gasteiger partial charge is 0.294 e. The first-order valence-corrected chi connectivity index (χ1v) is 4.29. The predicted molar refractivity (Wildman–Crippen MR) is 52.0 cm³/mol. The minimum Gasteiger partial charge on any atom is -0.453 e. The second-order valence-corrected chi connectivity index (χ2v) is 3.42. The van der Waals surface area contributed by atoms with Gasteiger partial charge in [0.15, 0.2) is 5.60 Å². The molecule has 0 aliphatic heterocycles. The third-order valence-corrected chi connectivity index (χ3v) is 1.93. The topological polar surface area (TPSA) is 43.4 Å². The molecule has 0 fully saturated rings. The maximum atomic E-state index is 11.8. The van der Waals surface area contributed by atoms with Gasteiger partial charge >= 0.3 is 0 Å². The summed E-state index contributed by atoms with van der Waals surface area (Å²) < 4.78 is 4.72. The molecule has 0 N–H and O–H groups in total. The van der Waals surface area contributed by atoms with Gasteiger partial charge in [0.25, 0.3) is 6.47 Å². The predicted octanol–water partition coefficient (Wildman–Crippen LogP) is 1.82. The molecule has 0 radical (unpaired) electrons. The summed E-state index contributed by atoms with van der Waals surface area (Å²) in [6, 6.07) is 8.75. The fourth-order valence-electron chi connectivity index (χ4n) is 1.11. The van der Waals surface area contributed by atoms with E-state index in [9.17, 15) is 9.59 Å². The van der Waals surface area contributed by atoms with Gasteiger partial charge in [-0.15, -0.1) is 0 Å². The van der Waals surface area contributed by atoms with Crippen molar-refractivity contribution in [2.24, 2.45) is 0 Å². The Hall–Kier alpha value is -1.64. The monoisotopic (exact) mass is 192 g/mol. The molecule has 3 heteroatoms. The van der Waals surface area contributed by atoms with Gasteiger partial charge in [0.1, 0.15) is 0 Å². The average molecular weight is 192 g/mol. The van der Waals surface area contributed by atoms with Gasteiger partial charge < -0.3 is 4.74 Å². The molecular formula is C11H12O3. The number of hydrogen-bond acceptors (Lipinski definition) is 3. The summed E-state index contributed by atoms with van der Waals surface area (Å²) in [6.45, 7) is 3.42. The zero-order valence-electron chi connectivity index (χ0n) is 8.19. The van der Waals surface area contributed by atoms with Crippen LogP contribution in [0, 0.1) is 0 Å². The van der Waals surface area contributed by atoms with Crippen molar-refractivity contribution in [2.75, 3.05) is 0 Å². The molecule has 1 aromatic rings. The van der Waals surface area contributed by atoms with Gasteiger partial charge in [0, 0.05) is 5.56 Å². The van der Waals surface area contributed by atoms with Gasteiger partial charge in [-0.05, 0) is 13.8 Å². The Morgan fingerprint density at radius 1 is 1.29 bits per heavy atom. The van der Waals surface area contributed by atoms with Crippen LogP contribution in [0.25, 0.3) is 0 Å². The number of Topliss-reactive ketones (excluding diaryl/α,β-unsaturated/α-hetero) is 1. The summed E-state index contributed by atoms with van der Waals surface area (Å²) in [4.78, 5) is 22.0. The quantitative estimate of drug-likeness (QED) is 0.540. The van der Waals surface area contributed by atoms with Crippen molar-refractivity contribution in [2.45, 2.75) is 19.4 Å². The van der Waals surface area contributed by atoms with Crippen molar-refractivity contribution in [1.82, 2.24) is 0 Å². The maximum absolute atomic E-state index is 11.8. The van der Waals surface area contributed by atoms with Crippen LogP contribution < -0.4 is 0 Å². The molecule has 0 amide bonds. The number of carbonyl (C=O) groups is 2. The molecule has 0 bridgehead atoms. The van der Waals surface area contributed by atoms with Crippen molar-refractivity contribution in [3.05, 3.63) is 35.9 Å². The minimum absolute atomic E-state index is 0.204. The SMILES string of the molecule is CC(C)(OC=O)C(=O)c1ccccc1. The molecule has 1 aromatic carbocycles. The van der Waals surface area contributed by atoms with Crippen LogP contribution in [-0.4, -0.2) is 17.9 Å². The van der Waals surface area contributed by atoms with Crippen LogP contribution in [0.5, 0.6) is 0 Å². The molecule has 0 aromatic heterocycles. The lowest BCUT2D eigenvalue weighted by molar-refractivity contribution is -0.136. The molecule has 0 aliphatic rings. The summed E-state index contributed by atoms with van der Waals surface area (Å²) in [5, 5.41) is 0. The van der Waals surface area contributed by atoms with E-state index in [4.69, 9.17) is 4.74 Å². The second kappa shape index (κ2) is 4.05. The molecule has 0 saturated carbocycles. The molecule has 0 spiro atoms. The van der Waals surface area contributed by atoms with E-state index in [1.807, 2.05) is 6.07 Å². The Kier molecular flexibility index (Phi) is 3.02. The zero-order valence-corrected chi connectivity index (χ0v) is 8.19. The standard InChI is InChI=1S/C11H12O3/c1-11(2,14-8-12)10(13)9-6-4-3-5-7-9/h3-8H,1-2H3. The fraction of sp³-hybridized carbons (Fsp3) is 0.273. The third kappa shape index (κ3) is 2.19. The highest BCUT2D eigenvalue weighted by Crippen LogP contribution is 2.15. The Labute approximate surface area is 82.7 Å². The normalized spacial score (nSPS) is 10.7. The Morgan fingerprint density at radius 2 is 1.86 bits per heavy atom. The van der Waals surface area contributed by atoms with E-state index in [1.165, 1.54) is 0 Å². The number of hydrogen-bond donors (Lipinski definition) is 0. The molecule has 0 atom stereocenters. The van der Waals surface area contributed by atoms with Crippen LogP contribution in [0.3, 0.4) is 0 Å². The lowest BCUT2D eigenvalue weighted by atomic mass is 9.97. The van der Waals surface area contributed by atoms with Gasteiger partial charge in [-0.25, -0.2) is 0 Å². The maximum Gasteiger partial charge on any atom is 0.294 e. The molecular weight excluding hydrogens is 180 g/mol. The van der Waals surface area contributed by atoms with Crippen molar-refractivity contribution in [3.8, 4) is 0 Å². The fourth-order valence-corrected chi connectivity index (χ4v) is 1.11. The van der Waals surface area contributed by atoms with Crippen LogP contribution >= 0.6 is 0 Å². The minimum atomic E-state index is -1.09. The van der Waals surface area contributed by atoms with E-state index < -0.39 is 5.60 Å². The van der Waals surface area contributed by atoms with Crippen LogP contribution in [0.2, 0.25) is 0 Å². The molecule has 0 aliphatic carbocycles. The van der Waals surface area contributed by atoms with Crippen LogP contribution in [0.4, 0.5) is 0 Å². The first-order valence-electron chi connectivity index (χ1n) is 4.29. The van der Waals surface area contributed by atoms with E-state index in [1.54, 1.807) is 38.1 Å². The van der Waals surface area contributed by atoms with E-state index in [2.05, 4.69) is 0 Å². The van der Waals surface area contributed by atoms with Crippen LogP contribution in [-0.2, 0) is 9.53 Å². The molecule has 0 saturated heterocycles. The molecule has 0 unspecified atom stereocenters. The molecule has 14 heavy (non-hydrogen) atoms. The van der Waals surface area contributed by atoms with Crippen molar-refractivity contribution in [3.63, 3.8) is 0 Å². The molecule has 3 nitrogen and oxygen atoms in total. The second-order valence-electron chi connectivity index (χ2n) is 3.42. The lowest BCUT2D eigenvalue weighted by Crippen LogP contribution is -2.34. The van der Waals surface area contributed by atoms with Gasteiger partial charge in [0.05, 0.1) is 0 Å². The first kappa shape index (κ1) is 10.4. The molecule has 0 heterocycles. The van der Waals surface area contributed by atoms with Gasteiger partial charge in [-0.2, -0.15) is 0 Å². The summed E-state index contributed by atoms with van der Waals surface area (Å²) in [7, 11) is 0. The van der Waals surface area contributed by atoms with Gasteiger partial charge in [-0.3, -0.25) is 9.59 Å². The van der Waals surface area contributed by atoms with E-state index in [0.29, 0.717) is 12.0 Å². The first-order chi connectivity index (χ1) is 6.58. The Bertz CT molecular complexity index is 328. The number of benzene rings is 1. The number of ketones is 1.